The molecule has 0 spiro atoms. The van der Waals surface area contributed by atoms with E-state index in [1.807, 2.05) is 37.5 Å². The van der Waals surface area contributed by atoms with Crippen LogP contribution in [0.2, 0.25) is 5.02 Å². The van der Waals surface area contributed by atoms with Gasteiger partial charge in [-0.25, -0.2) is 4.79 Å². The van der Waals surface area contributed by atoms with Gasteiger partial charge in [-0.1, -0.05) is 23.7 Å². The Morgan fingerprint density at radius 1 is 1.35 bits per heavy atom. The summed E-state index contributed by atoms with van der Waals surface area (Å²) in [6.45, 7) is 1.01. The molecule has 1 heterocycles. The third-order valence-electron chi connectivity index (χ3n) is 2.88. The number of carbonyl (C=O) groups excluding carboxylic acids is 1. The number of aryl methyl sites for hydroxylation is 1. The van der Waals surface area contributed by atoms with Crippen molar-refractivity contribution in [3.05, 3.63) is 52.8 Å². The quantitative estimate of drug-likeness (QED) is 0.941. The van der Waals surface area contributed by atoms with Gasteiger partial charge in [0.15, 0.2) is 0 Å². The minimum absolute atomic E-state index is 0.121. The lowest BCUT2D eigenvalue weighted by Gasteiger charge is -2.17. The van der Waals surface area contributed by atoms with Crippen molar-refractivity contribution in [3.63, 3.8) is 0 Å². The van der Waals surface area contributed by atoms with Crippen molar-refractivity contribution in [3.8, 4) is 0 Å². The van der Waals surface area contributed by atoms with Crippen LogP contribution in [0.25, 0.3) is 0 Å². The number of urea groups is 1. The molecule has 0 saturated carbocycles. The molecule has 1 aromatic carbocycles. The van der Waals surface area contributed by atoms with Crippen LogP contribution in [0.15, 0.2) is 36.7 Å². The van der Waals surface area contributed by atoms with Gasteiger partial charge in [0.2, 0.25) is 0 Å². The fraction of sp³-hybridized carbons (Fsp3) is 0.286. The summed E-state index contributed by atoms with van der Waals surface area (Å²) in [4.78, 5) is 13.6. The number of halogens is 1. The maximum absolute atomic E-state index is 12.0. The Morgan fingerprint density at radius 3 is 2.65 bits per heavy atom. The minimum Gasteiger partial charge on any atom is -0.334 e. The van der Waals surface area contributed by atoms with E-state index in [9.17, 15) is 4.79 Å². The summed E-state index contributed by atoms with van der Waals surface area (Å²) >= 11 is 5.81. The molecule has 0 aliphatic rings. The molecule has 0 saturated heterocycles. The van der Waals surface area contributed by atoms with Gasteiger partial charge in [0.1, 0.15) is 0 Å². The lowest BCUT2D eigenvalue weighted by atomic mass is 10.2. The number of hydrogen-bond acceptors (Lipinski definition) is 2. The second-order valence-electron chi connectivity index (χ2n) is 4.66. The molecule has 106 valence electrons. The molecule has 0 unspecified atom stereocenters. The van der Waals surface area contributed by atoms with Gasteiger partial charge in [0.05, 0.1) is 12.7 Å². The summed E-state index contributed by atoms with van der Waals surface area (Å²) in [5, 5.41) is 7.63. The Bertz CT molecular complexity index is 579. The van der Waals surface area contributed by atoms with E-state index >= 15 is 0 Å². The minimum atomic E-state index is -0.121. The Hall–Kier alpha value is -2.01. The zero-order chi connectivity index (χ0) is 14.5. The summed E-state index contributed by atoms with van der Waals surface area (Å²) in [5.41, 5.74) is 2.01. The molecule has 2 amide bonds. The Kier molecular flexibility index (Phi) is 4.63. The monoisotopic (exact) mass is 292 g/mol. The number of carbonyl (C=O) groups is 1. The number of nitrogens with zero attached hydrogens (tertiary/aromatic N) is 3. The molecule has 0 aliphatic heterocycles. The molecule has 0 radical (unpaired) electrons. The maximum Gasteiger partial charge on any atom is 0.317 e. The zero-order valence-corrected chi connectivity index (χ0v) is 12.3. The van der Waals surface area contributed by atoms with Crippen LogP contribution in [-0.4, -0.2) is 27.8 Å². The number of hydrogen-bond donors (Lipinski definition) is 1. The fourth-order valence-electron chi connectivity index (χ4n) is 1.81. The van der Waals surface area contributed by atoms with Crippen LogP contribution >= 0.6 is 11.6 Å². The second-order valence-corrected chi connectivity index (χ2v) is 5.10. The number of rotatable bonds is 4. The van der Waals surface area contributed by atoms with Crippen LogP contribution in [0.1, 0.15) is 11.1 Å². The van der Waals surface area contributed by atoms with E-state index in [0.717, 1.165) is 11.1 Å². The van der Waals surface area contributed by atoms with Crippen LogP contribution < -0.4 is 5.32 Å². The highest BCUT2D eigenvalue weighted by Gasteiger charge is 2.09. The summed E-state index contributed by atoms with van der Waals surface area (Å²) in [6.07, 6.45) is 3.64. The molecule has 1 N–H and O–H groups in total. The first-order valence-electron chi connectivity index (χ1n) is 6.25. The van der Waals surface area contributed by atoms with Crippen molar-refractivity contribution in [2.45, 2.75) is 13.1 Å². The predicted octanol–water partition coefficient (Wildman–Crippen LogP) is 2.42. The normalized spacial score (nSPS) is 10.3. The molecule has 20 heavy (non-hydrogen) atoms. The Morgan fingerprint density at radius 2 is 2.05 bits per heavy atom. The second kappa shape index (κ2) is 6.43. The highest BCUT2D eigenvalue weighted by atomic mass is 35.5. The molecule has 2 rings (SSSR count). The molecule has 0 atom stereocenters. The Balaban J connectivity index is 1.83. The summed E-state index contributed by atoms with van der Waals surface area (Å²) in [6, 6.07) is 7.28. The van der Waals surface area contributed by atoms with Gasteiger partial charge in [0, 0.05) is 37.4 Å². The highest BCUT2D eigenvalue weighted by molar-refractivity contribution is 6.30. The molecule has 0 bridgehead atoms. The van der Waals surface area contributed by atoms with Crippen molar-refractivity contribution in [1.82, 2.24) is 20.0 Å². The predicted molar refractivity (Wildman–Crippen MR) is 78.4 cm³/mol. The van der Waals surface area contributed by atoms with Crippen molar-refractivity contribution in [1.29, 1.82) is 0 Å². The number of aromatic nitrogens is 2. The van der Waals surface area contributed by atoms with E-state index in [0.29, 0.717) is 18.1 Å². The molecule has 0 aliphatic carbocycles. The zero-order valence-electron chi connectivity index (χ0n) is 11.5. The van der Waals surface area contributed by atoms with Crippen LogP contribution in [0, 0.1) is 0 Å². The van der Waals surface area contributed by atoms with Gasteiger partial charge in [-0.3, -0.25) is 4.68 Å². The first kappa shape index (κ1) is 14.4. The van der Waals surface area contributed by atoms with Crippen LogP contribution in [0.4, 0.5) is 4.79 Å². The van der Waals surface area contributed by atoms with Gasteiger partial charge in [0.25, 0.3) is 0 Å². The highest BCUT2D eigenvalue weighted by Crippen LogP contribution is 2.09. The summed E-state index contributed by atoms with van der Waals surface area (Å²) in [7, 11) is 3.61. The lowest BCUT2D eigenvalue weighted by Crippen LogP contribution is -2.36. The molecule has 1 aromatic heterocycles. The fourth-order valence-corrected chi connectivity index (χ4v) is 1.94. The van der Waals surface area contributed by atoms with E-state index < -0.39 is 0 Å². The number of benzene rings is 1. The first-order chi connectivity index (χ1) is 9.54. The van der Waals surface area contributed by atoms with Gasteiger partial charge in [-0.2, -0.15) is 5.10 Å². The third kappa shape index (κ3) is 3.99. The number of amides is 2. The van der Waals surface area contributed by atoms with Gasteiger partial charge < -0.3 is 10.2 Å². The van der Waals surface area contributed by atoms with Crippen molar-refractivity contribution in [2.75, 3.05) is 7.05 Å². The van der Waals surface area contributed by atoms with E-state index in [1.54, 1.807) is 22.8 Å². The largest absolute Gasteiger partial charge is 0.334 e. The number of nitrogens with one attached hydrogen (secondary N) is 1. The molecular formula is C14H17ClN4O. The molecular weight excluding hydrogens is 276 g/mol. The summed E-state index contributed by atoms with van der Waals surface area (Å²) in [5.74, 6) is 0. The summed E-state index contributed by atoms with van der Waals surface area (Å²) < 4.78 is 1.72. The van der Waals surface area contributed by atoms with E-state index in [2.05, 4.69) is 10.4 Å². The van der Waals surface area contributed by atoms with Crippen molar-refractivity contribution >= 4 is 17.6 Å². The van der Waals surface area contributed by atoms with Gasteiger partial charge >= 0.3 is 6.03 Å². The van der Waals surface area contributed by atoms with Gasteiger partial charge in [-0.05, 0) is 17.7 Å². The molecule has 6 heteroatoms. The Labute approximate surface area is 123 Å². The SMILES string of the molecule is CN(Cc1cnn(C)c1)C(=O)NCc1ccc(Cl)cc1. The molecule has 5 nitrogen and oxygen atoms in total. The van der Waals surface area contributed by atoms with E-state index in [4.69, 9.17) is 11.6 Å². The van der Waals surface area contributed by atoms with E-state index in [-0.39, 0.29) is 6.03 Å². The van der Waals surface area contributed by atoms with Crippen molar-refractivity contribution in [2.24, 2.45) is 7.05 Å². The molecule has 0 fully saturated rings. The third-order valence-corrected chi connectivity index (χ3v) is 3.13. The van der Waals surface area contributed by atoms with Crippen LogP contribution in [-0.2, 0) is 20.1 Å². The first-order valence-corrected chi connectivity index (χ1v) is 6.63. The van der Waals surface area contributed by atoms with Gasteiger partial charge in [-0.15, -0.1) is 0 Å². The average molecular weight is 293 g/mol. The smallest absolute Gasteiger partial charge is 0.317 e. The van der Waals surface area contributed by atoms with E-state index in [1.165, 1.54) is 0 Å². The molecule has 2 aromatic rings. The van der Waals surface area contributed by atoms with Crippen molar-refractivity contribution < 1.29 is 4.79 Å². The van der Waals surface area contributed by atoms with Crippen LogP contribution in [0.3, 0.4) is 0 Å². The topological polar surface area (TPSA) is 50.2 Å². The average Bonchev–Trinajstić information content (AvgIpc) is 2.83. The maximum atomic E-state index is 12.0. The van der Waals surface area contributed by atoms with Crippen LogP contribution in [0.5, 0.6) is 0 Å². The lowest BCUT2D eigenvalue weighted by molar-refractivity contribution is 0.206. The standard InChI is InChI=1S/C14H17ClN4O/c1-18(9-12-8-17-19(2)10-12)14(20)16-7-11-3-5-13(15)6-4-11/h3-6,8,10H,7,9H2,1-2H3,(H,16,20).